The van der Waals surface area contributed by atoms with Gasteiger partial charge in [-0.3, -0.25) is 19.1 Å². The number of sulfone groups is 1. The number of carbonyl (C=O) groups excluding carboxylic acids is 2. The van der Waals surface area contributed by atoms with Crippen molar-refractivity contribution >= 4 is 32.6 Å². The maximum Gasteiger partial charge on any atom is 0.435 e. The van der Waals surface area contributed by atoms with Gasteiger partial charge in [-0.15, -0.1) is 0 Å². The molecule has 5 aromatic rings. The number of aromatic nitrogens is 5. The molecule has 344 valence electrons. The van der Waals surface area contributed by atoms with E-state index in [-0.39, 0.29) is 41.2 Å². The lowest BCUT2D eigenvalue weighted by Crippen LogP contribution is -2.45. The molecule has 4 heterocycles. The van der Waals surface area contributed by atoms with Crippen LogP contribution in [0.3, 0.4) is 0 Å². The molecule has 2 aromatic carbocycles. The van der Waals surface area contributed by atoms with Crippen LogP contribution in [0.5, 0.6) is 0 Å². The third-order valence-corrected chi connectivity index (χ3v) is 12.6. The van der Waals surface area contributed by atoms with Gasteiger partial charge < -0.3 is 4.74 Å². The van der Waals surface area contributed by atoms with E-state index in [1.807, 2.05) is 0 Å². The average molecular weight is 927 g/mol. The third-order valence-electron chi connectivity index (χ3n) is 11.8. The van der Waals surface area contributed by atoms with Crippen molar-refractivity contribution in [2.45, 2.75) is 107 Å². The second-order valence-electron chi connectivity index (χ2n) is 18.2. The highest BCUT2D eigenvalue weighted by molar-refractivity contribution is 7.89. The Kier molecular flexibility index (Phi) is 11.7. The molecule has 0 bridgehead atoms. The Morgan fingerprint density at radius 3 is 2.40 bits per heavy atom. The first-order valence-corrected chi connectivity index (χ1v) is 23.1. The number of rotatable bonds is 10. The fourth-order valence-electron chi connectivity index (χ4n) is 9.22. The summed E-state index contributed by atoms with van der Waals surface area (Å²) < 4.78 is 136. The van der Waals surface area contributed by atoms with Gasteiger partial charge in [0.15, 0.2) is 21.3 Å². The number of aryl methyl sites for hydroxylation is 1. The first-order valence-electron chi connectivity index (χ1n) is 21.1. The van der Waals surface area contributed by atoms with Crippen molar-refractivity contribution in [1.29, 1.82) is 0 Å². The van der Waals surface area contributed by atoms with Crippen molar-refractivity contribution in [1.82, 2.24) is 29.4 Å². The zero-order valence-corrected chi connectivity index (χ0v) is 36.9. The quantitative estimate of drug-likeness (QED) is 0.100. The van der Waals surface area contributed by atoms with E-state index in [1.54, 1.807) is 58.2 Å². The number of benzene rings is 2. The first kappa shape index (κ1) is 45.8. The van der Waals surface area contributed by atoms with Crippen LogP contribution in [-0.2, 0) is 57.2 Å². The van der Waals surface area contributed by atoms with Gasteiger partial charge in [-0.1, -0.05) is 24.1 Å². The van der Waals surface area contributed by atoms with Crippen molar-refractivity contribution in [2.24, 2.45) is 13.0 Å². The topological polar surface area (TPSA) is 129 Å². The van der Waals surface area contributed by atoms with Crippen LogP contribution < -0.4 is 0 Å². The summed E-state index contributed by atoms with van der Waals surface area (Å²) in [6.07, 6.45) is -3.47. The smallest absolute Gasteiger partial charge is 0.435 e. The van der Waals surface area contributed by atoms with Gasteiger partial charge in [-0.25, -0.2) is 27.0 Å². The number of amides is 1. The summed E-state index contributed by atoms with van der Waals surface area (Å²) in [5.41, 5.74) is -1.84. The van der Waals surface area contributed by atoms with E-state index in [9.17, 15) is 40.0 Å². The maximum atomic E-state index is 15.6. The molecular formula is C46H45F7N6O5S. The zero-order chi connectivity index (χ0) is 47.0. The number of carbonyl (C=O) groups is 2. The van der Waals surface area contributed by atoms with E-state index in [1.165, 1.54) is 9.58 Å². The fraction of sp³-hybridized carbons (Fsp3) is 0.457. The highest BCUT2D eigenvalue weighted by Gasteiger charge is 2.68. The van der Waals surface area contributed by atoms with Gasteiger partial charge in [0.1, 0.15) is 35.2 Å². The van der Waals surface area contributed by atoms with Crippen LogP contribution in [0, 0.1) is 29.4 Å². The molecule has 8 rings (SSSR count). The van der Waals surface area contributed by atoms with E-state index < -0.39 is 105 Å². The summed E-state index contributed by atoms with van der Waals surface area (Å²) in [5.74, 6) is -4.02. The number of ether oxygens (including phenoxy) is 1. The zero-order valence-electron chi connectivity index (χ0n) is 36.1. The van der Waals surface area contributed by atoms with Crippen molar-refractivity contribution in [3.8, 4) is 23.0 Å². The number of alkyl halides is 5. The number of hydrogen-bond acceptors (Lipinski definition) is 8. The predicted molar refractivity (Wildman–Crippen MR) is 224 cm³/mol. The van der Waals surface area contributed by atoms with Crippen molar-refractivity contribution in [2.75, 3.05) is 12.8 Å². The highest BCUT2D eigenvalue weighted by atomic mass is 32.2. The number of Topliss-reactive ketones (excluding diaryl/α,β-unsaturated/α-hetero) is 1. The number of hydrogen-bond donors (Lipinski definition) is 0. The molecule has 3 aliphatic rings. The largest absolute Gasteiger partial charge is 0.444 e. The Labute approximate surface area is 370 Å². The van der Waals surface area contributed by atoms with E-state index in [2.05, 4.69) is 22.0 Å². The minimum absolute atomic E-state index is 0.0832. The number of nitrogens with zero attached hydrogens (tertiary/aromatic N) is 6. The Hall–Kier alpha value is -5.77. The van der Waals surface area contributed by atoms with Gasteiger partial charge >= 0.3 is 12.3 Å². The van der Waals surface area contributed by atoms with E-state index in [0.717, 1.165) is 31.2 Å². The summed E-state index contributed by atoms with van der Waals surface area (Å²) in [6.45, 7) is 4.68. The monoisotopic (exact) mass is 926 g/mol. The van der Waals surface area contributed by atoms with E-state index in [4.69, 9.17) is 9.72 Å². The molecule has 0 spiro atoms. The molecule has 19 heteroatoms. The van der Waals surface area contributed by atoms with Crippen LogP contribution in [0.2, 0.25) is 0 Å². The number of pyridine rings is 1. The molecule has 2 fully saturated rings. The van der Waals surface area contributed by atoms with Gasteiger partial charge in [0, 0.05) is 66.2 Å². The second-order valence-corrected chi connectivity index (χ2v) is 20.3. The molecule has 4 atom stereocenters. The molecule has 1 saturated carbocycles. The number of ketones is 1. The van der Waals surface area contributed by atoms with Crippen molar-refractivity contribution in [3.63, 3.8) is 0 Å². The molecular weight excluding hydrogens is 882 g/mol. The summed E-state index contributed by atoms with van der Waals surface area (Å²) in [4.78, 5) is 33.9. The van der Waals surface area contributed by atoms with Gasteiger partial charge in [0.05, 0.1) is 28.7 Å². The highest BCUT2D eigenvalue weighted by Crippen LogP contribution is 2.68. The lowest BCUT2D eigenvalue weighted by molar-refractivity contribution is -0.142. The summed E-state index contributed by atoms with van der Waals surface area (Å²) in [6, 6.07) is 10.5. The molecule has 2 aliphatic carbocycles. The van der Waals surface area contributed by atoms with Crippen LogP contribution >= 0.6 is 0 Å². The molecule has 65 heavy (non-hydrogen) atoms. The van der Waals surface area contributed by atoms with E-state index in [0.29, 0.717) is 45.7 Å². The fourth-order valence-corrected chi connectivity index (χ4v) is 9.93. The number of likely N-dealkylation sites (tertiary alicyclic amines) is 1. The van der Waals surface area contributed by atoms with E-state index >= 15 is 8.78 Å². The number of para-hydroxylation sites is 1. The molecule has 0 radical (unpaired) electrons. The van der Waals surface area contributed by atoms with Crippen LogP contribution in [-0.4, -0.2) is 74.2 Å². The molecule has 0 N–H and O–H groups in total. The molecule has 1 unspecified atom stereocenters. The Balaban J connectivity index is 1.26. The average Bonchev–Trinajstić information content (AvgIpc) is 3.74. The van der Waals surface area contributed by atoms with Gasteiger partial charge in [-0.2, -0.15) is 32.1 Å². The summed E-state index contributed by atoms with van der Waals surface area (Å²) in [7, 11) is -1.93. The van der Waals surface area contributed by atoms with Gasteiger partial charge in [0.25, 0.3) is 5.92 Å². The van der Waals surface area contributed by atoms with Gasteiger partial charge in [0.2, 0.25) is 0 Å². The minimum atomic E-state index is -5.06. The standard InChI is InChI=1S/C46H45F7N6O5S/c1-44(2,3)64-43(61)58-16-7-6-9-30(58)14-12-29-13-15-32(33-10-8-11-34-37(24-65(5,62)63)55-57(4)40(33)34)39(54-29)26(17-25-18-27(47)21-28(48)19-25)20-31(60)23-59-42-38(41(56-59)46(51,52)53)35-22-36(35)45(42,49)50/h8,10-11,13,15,18-19,21,26,30,35-36H,6-7,9,16-17,20,22-24H2,1-5H3/t26-,30?,35+,36-/m1/s1. The third kappa shape index (κ3) is 9.50. The summed E-state index contributed by atoms with van der Waals surface area (Å²) >= 11 is 0. The van der Waals surface area contributed by atoms with Crippen LogP contribution in [0.4, 0.5) is 35.5 Å². The van der Waals surface area contributed by atoms with Crippen molar-refractivity contribution in [3.05, 3.63) is 99.8 Å². The number of halogens is 7. The maximum absolute atomic E-state index is 15.6. The van der Waals surface area contributed by atoms with Crippen LogP contribution in [0.15, 0.2) is 48.5 Å². The number of fused-ring (bicyclic) bond motifs is 4. The summed E-state index contributed by atoms with van der Waals surface area (Å²) in [5, 5.41) is 8.50. The molecule has 3 aromatic heterocycles. The minimum Gasteiger partial charge on any atom is -0.444 e. The van der Waals surface area contributed by atoms with Gasteiger partial charge in [-0.05, 0) is 94.5 Å². The molecule has 1 saturated heterocycles. The second kappa shape index (κ2) is 16.6. The van der Waals surface area contributed by atoms with Crippen LogP contribution in [0.1, 0.15) is 104 Å². The van der Waals surface area contributed by atoms with Crippen molar-refractivity contribution < 1.29 is 53.5 Å². The molecule has 1 amide bonds. The lowest BCUT2D eigenvalue weighted by atomic mass is 9.86. The van der Waals surface area contributed by atoms with Crippen LogP contribution in [0.25, 0.3) is 22.0 Å². The first-order chi connectivity index (χ1) is 30.4. The predicted octanol–water partition coefficient (Wildman–Crippen LogP) is 9.01. The Morgan fingerprint density at radius 1 is 1.00 bits per heavy atom. The Morgan fingerprint density at radius 2 is 1.72 bits per heavy atom. The molecule has 11 nitrogen and oxygen atoms in total. The number of piperidine rings is 1. The Bertz CT molecular complexity index is 2890. The molecule has 1 aliphatic heterocycles. The lowest BCUT2D eigenvalue weighted by Gasteiger charge is -2.34. The SMILES string of the molecule is Cn1nc(CS(C)(=O)=O)c2cccc(-c3ccc(C#CC4CCCCN4C(=O)OC(C)(C)C)nc3[C@@H](CC(=O)Cn3nc(C(F)(F)F)c4c3C(F)(F)[C@@H]3C[C@H]43)Cc3cc(F)cc(F)c3)c21. The normalized spacial score (nSPS) is 19.6.